The normalized spacial score (nSPS) is 13.7. The van der Waals surface area contributed by atoms with Crippen molar-refractivity contribution in [2.45, 2.75) is 89.0 Å². The zero-order chi connectivity index (χ0) is 42.1. The largest absolute Gasteiger partial charge is 0.508 e. The molecule has 0 saturated carbocycles. The van der Waals surface area contributed by atoms with Crippen LogP contribution in [0.2, 0.25) is 0 Å². The molecule has 57 heavy (non-hydrogen) atoms. The molecular formula is C38H57N13O6. The monoisotopic (exact) mass is 791 g/mol. The fourth-order valence-electron chi connectivity index (χ4n) is 6.06. The van der Waals surface area contributed by atoms with Gasteiger partial charge >= 0.3 is 0 Å². The molecule has 310 valence electrons. The van der Waals surface area contributed by atoms with E-state index in [2.05, 4.69) is 36.2 Å². The van der Waals surface area contributed by atoms with E-state index in [1.54, 1.807) is 18.3 Å². The molecule has 0 spiro atoms. The Morgan fingerprint density at radius 3 is 1.74 bits per heavy atom. The van der Waals surface area contributed by atoms with Crippen molar-refractivity contribution in [1.82, 2.24) is 26.3 Å². The van der Waals surface area contributed by atoms with Crippen LogP contribution < -0.4 is 55.7 Å². The minimum absolute atomic E-state index is 0.0176. The summed E-state index contributed by atoms with van der Waals surface area (Å²) < 4.78 is 0. The number of nitrogens with one attached hydrogen (secondary N) is 5. The molecule has 2 aromatic carbocycles. The maximum Gasteiger partial charge on any atom is 0.243 e. The number of para-hydroxylation sites is 1. The van der Waals surface area contributed by atoms with Crippen LogP contribution in [0.4, 0.5) is 0 Å². The van der Waals surface area contributed by atoms with Crippen LogP contribution in [0.15, 0.2) is 64.7 Å². The van der Waals surface area contributed by atoms with Gasteiger partial charge in [-0.15, -0.1) is 0 Å². The van der Waals surface area contributed by atoms with Crippen molar-refractivity contribution in [3.63, 3.8) is 0 Å². The third-order valence-corrected chi connectivity index (χ3v) is 8.98. The number of fused-ring (bicyclic) bond motifs is 1. The molecule has 0 aliphatic rings. The van der Waals surface area contributed by atoms with Gasteiger partial charge in [0, 0.05) is 36.6 Å². The lowest BCUT2D eigenvalue weighted by molar-refractivity contribution is -0.135. The van der Waals surface area contributed by atoms with E-state index in [4.69, 9.17) is 34.4 Å². The van der Waals surface area contributed by atoms with Crippen molar-refractivity contribution in [3.8, 4) is 5.75 Å². The highest BCUT2D eigenvalue weighted by atomic mass is 16.3. The fourth-order valence-corrected chi connectivity index (χ4v) is 6.06. The molecule has 19 nitrogen and oxygen atoms in total. The molecule has 5 atom stereocenters. The number of nitrogens with zero attached hydrogens (tertiary/aromatic N) is 2. The van der Waals surface area contributed by atoms with E-state index in [-0.39, 0.29) is 75.2 Å². The average molecular weight is 792 g/mol. The first kappa shape index (κ1) is 45.0. The molecule has 3 rings (SSSR count). The van der Waals surface area contributed by atoms with Crippen molar-refractivity contribution < 1.29 is 29.1 Å². The van der Waals surface area contributed by atoms with Crippen molar-refractivity contribution in [1.29, 1.82) is 0 Å². The number of rotatable bonds is 23. The summed E-state index contributed by atoms with van der Waals surface area (Å²) in [7, 11) is 0. The Hall–Kier alpha value is -6.37. The predicted octanol–water partition coefficient (Wildman–Crippen LogP) is -1.44. The second kappa shape index (κ2) is 22.2. The van der Waals surface area contributed by atoms with Crippen molar-refractivity contribution in [3.05, 3.63) is 65.9 Å². The summed E-state index contributed by atoms with van der Waals surface area (Å²) in [6.07, 6.45) is 2.88. The summed E-state index contributed by atoms with van der Waals surface area (Å²) in [4.78, 5) is 78.4. The molecule has 0 aliphatic carbocycles. The number of aromatic nitrogens is 1. The van der Waals surface area contributed by atoms with E-state index in [1.165, 1.54) is 12.1 Å². The van der Waals surface area contributed by atoms with Gasteiger partial charge in [0.25, 0.3) is 0 Å². The number of nitrogens with two attached hydrogens (primary N) is 6. The molecule has 0 unspecified atom stereocenters. The lowest BCUT2D eigenvalue weighted by Crippen LogP contribution is -2.59. The van der Waals surface area contributed by atoms with E-state index in [0.717, 1.165) is 16.5 Å². The number of carbonyl (C=O) groups is 5. The summed E-state index contributed by atoms with van der Waals surface area (Å²) in [6.45, 7) is 4.02. The maximum absolute atomic E-state index is 13.9. The van der Waals surface area contributed by atoms with Crippen LogP contribution in [0.1, 0.15) is 57.1 Å². The van der Waals surface area contributed by atoms with Gasteiger partial charge in [-0.1, -0.05) is 44.2 Å². The molecule has 0 bridgehead atoms. The lowest BCUT2D eigenvalue weighted by Gasteiger charge is -2.27. The number of aromatic amines is 1. The highest BCUT2D eigenvalue weighted by molar-refractivity contribution is 5.96. The third-order valence-electron chi connectivity index (χ3n) is 8.98. The molecule has 0 radical (unpaired) electrons. The van der Waals surface area contributed by atoms with Gasteiger partial charge in [-0.05, 0) is 73.8 Å². The number of aromatic hydroxyl groups is 1. The third kappa shape index (κ3) is 15.4. The topological polar surface area (TPSA) is 350 Å². The Bertz CT molecular complexity index is 1870. The van der Waals surface area contributed by atoms with E-state index in [1.807, 2.05) is 38.1 Å². The molecule has 0 fully saturated rings. The Kier molecular flexibility index (Phi) is 17.6. The number of hydrogen-bond donors (Lipinski definition) is 12. The lowest BCUT2D eigenvalue weighted by atomic mass is 10.0. The molecule has 1 heterocycles. The van der Waals surface area contributed by atoms with E-state index < -0.39 is 59.7 Å². The van der Waals surface area contributed by atoms with Crippen molar-refractivity contribution in [2.75, 3.05) is 13.1 Å². The van der Waals surface area contributed by atoms with Crippen LogP contribution in [0.5, 0.6) is 5.75 Å². The van der Waals surface area contributed by atoms with Gasteiger partial charge < -0.3 is 65.8 Å². The Morgan fingerprint density at radius 1 is 0.684 bits per heavy atom. The average Bonchev–Trinajstić information content (AvgIpc) is 3.56. The van der Waals surface area contributed by atoms with Gasteiger partial charge in [-0.25, -0.2) is 0 Å². The maximum atomic E-state index is 13.9. The number of guanidine groups is 2. The highest BCUT2D eigenvalue weighted by Crippen LogP contribution is 2.19. The summed E-state index contributed by atoms with van der Waals surface area (Å²) in [6, 6.07) is 7.99. The van der Waals surface area contributed by atoms with Gasteiger partial charge in [-0.2, -0.15) is 0 Å². The number of H-pyrrole nitrogens is 1. The first-order valence-corrected chi connectivity index (χ1v) is 18.7. The number of aliphatic imine (C=N–C) groups is 2. The minimum Gasteiger partial charge on any atom is -0.508 e. The number of hydrogen-bond acceptors (Lipinski definition) is 9. The standard InChI is InChI=1S/C38H57N13O6/c1-21(2)17-31(36(57)49-29(10-6-16-46-38(43)44)34(55)50-30(32(40)53)18-22-11-13-24(52)14-12-22)51-35(56)28(9-5-15-45-37(41)42)48-33(54)26(39)19-23-20-47-27-8-4-3-7-25(23)27/h3-4,7-8,11-14,20-21,26,28-31,47,52H,5-6,9-10,15-19,39H2,1-2H3,(H2,40,53)(H,48,54)(H,49,57)(H,50,55)(H,51,56)(H4,41,42,45)(H4,43,44,46)/t26-,28-,29-,30-,31-/m0/s1. The van der Waals surface area contributed by atoms with Crippen molar-refractivity contribution in [2.24, 2.45) is 50.3 Å². The molecule has 0 aliphatic heterocycles. The molecule has 1 aromatic heterocycles. The molecule has 5 amide bonds. The number of carbonyl (C=O) groups excluding carboxylic acids is 5. The van der Waals surface area contributed by atoms with Crippen LogP contribution in [0, 0.1) is 5.92 Å². The highest BCUT2D eigenvalue weighted by Gasteiger charge is 2.32. The van der Waals surface area contributed by atoms with Gasteiger partial charge in [0.1, 0.15) is 29.9 Å². The predicted molar refractivity (Wildman–Crippen MR) is 218 cm³/mol. The molecule has 18 N–H and O–H groups in total. The summed E-state index contributed by atoms with van der Waals surface area (Å²) >= 11 is 0. The molecule has 3 aromatic rings. The van der Waals surface area contributed by atoms with E-state index >= 15 is 0 Å². The van der Waals surface area contributed by atoms with Gasteiger partial charge in [-0.3, -0.25) is 34.0 Å². The zero-order valence-electron chi connectivity index (χ0n) is 32.4. The van der Waals surface area contributed by atoms with Crippen LogP contribution in [-0.4, -0.2) is 94.8 Å². The number of phenolic OH excluding ortho intramolecular Hbond substituents is 1. The number of amides is 5. The van der Waals surface area contributed by atoms with Gasteiger partial charge in [0.05, 0.1) is 6.04 Å². The Balaban J connectivity index is 1.80. The van der Waals surface area contributed by atoms with Crippen LogP contribution >= 0.6 is 0 Å². The van der Waals surface area contributed by atoms with E-state index in [9.17, 15) is 29.1 Å². The first-order valence-electron chi connectivity index (χ1n) is 18.7. The number of phenols is 1. The smallest absolute Gasteiger partial charge is 0.243 e. The Morgan fingerprint density at radius 2 is 1.19 bits per heavy atom. The van der Waals surface area contributed by atoms with Crippen LogP contribution in [0.3, 0.4) is 0 Å². The summed E-state index contributed by atoms with van der Waals surface area (Å²) in [5, 5.41) is 21.4. The molecular weight excluding hydrogens is 735 g/mol. The van der Waals surface area contributed by atoms with Crippen LogP contribution in [-0.2, 0) is 36.8 Å². The first-order chi connectivity index (χ1) is 27.0. The zero-order valence-corrected chi connectivity index (χ0v) is 32.4. The molecule has 0 saturated heterocycles. The van der Waals surface area contributed by atoms with Gasteiger partial charge in [0.15, 0.2) is 11.9 Å². The summed E-state index contributed by atoms with van der Waals surface area (Å²) in [5.41, 5.74) is 36.2. The second-order valence-electron chi connectivity index (χ2n) is 14.2. The quantitative estimate of drug-likeness (QED) is 0.0300. The number of primary amides is 1. The van der Waals surface area contributed by atoms with Gasteiger partial charge in [0.2, 0.25) is 29.5 Å². The minimum atomic E-state index is -1.20. The number of benzene rings is 2. The second-order valence-corrected chi connectivity index (χ2v) is 14.2. The summed E-state index contributed by atoms with van der Waals surface area (Å²) in [5.74, 6) is -3.81. The van der Waals surface area contributed by atoms with E-state index in [0.29, 0.717) is 12.0 Å². The van der Waals surface area contributed by atoms with Crippen LogP contribution in [0.25, 0.3) is 10.9 Å². The Labute approximate surface area is 331 Å². The SMILES string of the molecule is CC(C)C[C@H](NC(=O)[C@H](CCCN=C(N)N)NC(=O)[C@@H](N)Cc1c[nH]c2ccccc12)C(=O)N[C@@H](CCCN=C(N)N)C(=O)N[C@@H](Cc1ccc(O)cc1)C(N)=O. The fraction of sp³-hybridized carbons (Fsp3) is 0.447. The molecule has 19 heteroatoms. The van der Waals surface area contributed by atoms with Crippen molar-refractivity contribution >= 4 is 52.4 Å².